The molecule has 4 rings (SSSR count). The van der Waals surface area contributed by atoms with Crippen LogP contribution in [-0.4, -0.2) is 5.97 Å². The van der Waals surface area contributed by atoms with Gasteiger partial charge in [-0.25, -0.2) is 4.79 Å². The number of hydrogen-bond acceptors (Lipinski definition) is 3. The van der Waals surface area contributed by atoms with E-state index in [4.69, 9.17) is 9.47 Å². The van der Waals surface area contributed by atoms with E-state index in [0.717, 1.165) is 33.0 Å². The molecule has 144 valence electrons. The smallest absolute Gasteiger partial charge is 0.352 e. The Labute approximate surface area is 170 Å². The van der Waals surface area contributed by atoms with Gasteiger partial charge in [-0.15, -0.1) is 0 Å². The maximum absolute atomic E-state index is 13.0. The molecule has 1 aliphatic heterocycles. The van der Waals surface area contributed by atoms with Crippen molar-refractivity contribution >= 4 is 22.3 Å². The van der Waals surface area contributed by atoms with Crippen molar-refractivity contribution < 1.29 is 14.3 Å². The van der Waals surface area contributed by atoms with Gasteiger partial charge in [-0.2, -0.15) is 0 Å². The molecule has 1 heterocycles. The first-order valence-electron chi connectivity index (χ1n) is 9.60. The maximum atomic E-state index is 13.0. The summed E-state index contributed by atoms with van der Waals surface area (Å²) in [4.78, 5) is 13.0. The van der Waals surface area contributed by atoms with Crippen molar-refractivity contribution in [3.8, 4) is 0 Å². The van der Waals surface area contributed by atoms with E-state index >= 15 is 0 Å². The van der Waals surface area contributed by atoms with E-state index in [1.165, 1.54) is 0 Å². The molecule has 3 aromatic carbocycles. The van der Waals surface area contributed by atoms with Crippen molar-refractivity contribution in [2.45, 2.75) is 19.6 Å². The van der Waals surface area contributed by atoms with Crippen LogP contribution in [0.4, 0.5) is 0 Å². The highest BCUT2D eigenvalue weighted by atomic mass is 16.6. The lowest BCUT2D eigenvalue weighted by Crippen LogP contribution is -2.24. The van der Waals surface area contributed by atoms with Gasteiger partial charge in [-0.1, -0.05) is 91.5 Å². The molecule has 0 bridgehead atoms. The number of rotatable bonds is 4. The van der Waals surface area contributed by atoms with Crippen LogP contribution in [-0.2, 0) is 20.9 Å². The first-order chi connectivity index (χ1) is 14.2. The van der Waals surface area contributed by atoms with E-state index in [-0.39, 0.29) is 6.61 Å². The monoisotopic (exact) mass is 382 g/mol. The summed E-state index contributed by atoms with van der Waals surface area (Å²) in [6, 6.07) is 21.7. The standard InChI is InChI=1S/C26H22O3/c1-3-4-13-21-18(2)29-25(26(27)28-17-19-10-6-5-7-11-19)24-22-14-9-8-12-20(22)15-16-23(21)24/h3-16,25H,2,17H2,1H3/b4-3-,21-13+. The highest BCUT2D eigenvalue weighted by molar-refractivity contribution is 5.98. The van der Waals surface area contributed by atoms with E-state index in [9.17, 15) is 4.79 Å². The number of fused-ring (bicyclic) bond motifs is 3. The van der Waals surface area contributed by atoms with Crippen LogP contribution in [0.3, 0.4) is 0 Å². The Bertz CT molecular complexity index is 1120. The molecule has 1 atom stereocenters. The predicted molar refractivity (Wildman–Crippen MR) is 116 cm³/mol. The van der Waals surface area contributed by atoms with Crippen LogP contribution < -0.4 is 0 Å². The average molecular weight is 382 g/mol. The molecular weight excluding hydrogens is 360 g/mol. The molecule has 1 aliphatic rings. The summed E-state index contributed by atoms with van der Waals surface area (Å²) in [6.45, 7) is 6.20. The highest BCUT2D eigenvalue weighted by Crippen LogP contribution is 2.43. The van der Waals surface area contributed by atoms with Crippen molar-refractivity contribution in [2.75, 3.05) is 0 Å². The summed E-state index contributed by atoms with van der Waals surface area (Å²) >= 11 is 0. The quantitative estimate of drug-likeness (QED) is 0.509. The third-order valence-corrected chi connectivity index (χ3v) is 4.98. The minimum absolute atomic E-state index is 0.202. The minimum atomic E-state index is -0.852. The SMILES string of the molecule is C=C1OC(C(=O)OCc2ccccc2)c2c(ccc3ccccc23)/C1=C/C=C\C. The van der Waals surface area contributed by atoms with Crippen molar-refractivity contribution in [1.82, 2.24) is 0 Å². The van der Waals surface area contributed by atoms with Crippen LogP contribution in [0.15, 0.2) is 97.3 Å². The van der Waals surface area contributed by atoms with E-state index in [2.05, 4.69) is 12.6 Å². The molecule has 0 radical (unpaired) electrons. The third-order valence-electron chi connectivity index (χ3n) is 4.98. The molecular formula is C26H22O3. The van der Waals surface area contributed by atoms with E-state index in [1.54, 1.807) is 0 Å². The number of carbonyl (C=O) groups excluding carboxylic acids is 1. The summed E-state index contributed by atoms with van der Waals surface area (Å²) in [5.41, 5.74) is 3.57. The lowest BCUT2D eigenvalue weighted by Gasteiger charge is -2.30. The molecule has 3 aromatic rings. The Morgan fingerprint density at radius 3 is 2.62 bits per heavy atom. The van der Waals surface area contributed by atoms with Gasteiger partial charge in [0, 0.05) is 11.1 Å². The highest BCUT2D eigenvalue weighted by Gasteiger charge is 2.35. The fourth-order valence-electron chi connectivity index (χ4n) is 3.57. The number of allylic oxidation sites excluding steroid dienone is 4. The molecule has 0 aliphatic carbocycles. The van der Waals surface area contributed by atoms with E-state index in [1.807, 2.05) is 85.8 Å². The minimum Gasteiger partial charge on any atom is -0.474 e. The van der Waals surface area contributed by atoms with Gasteiger partial charge in [0.25, 0.3) is 0 Å². The largest absolute Gasteiger partial charge is 0.474 e. The first kappa shape index (κ1) is 18.8. The summed E-state index contributed by atoms with van der Waals surface area (Å²) in [5.74, 6) is 0.0465. The number of carbonyl (C=O) groups is 1. The zero-order valence-electron chi connectivity index (χ0n) is 16.3. The molecule has 0 amide bonds. The van der Waals surface area contributed by atoms with Gasteiger partial charge in [0.15, 0.2) is 0 Å². The average Bonchev–Trinajstić information content (AvgIpc) is 2.76. The van der Waals surface area contributed by atoms with Gasteiger partial charge in [0.1, 0.15) is 12.4 Å². The van der Waals surface area contributed by atoms with Gasteiger partial charge in [0.2, 0.25) is 6.10 Å². The molecule has 0 saturated carbocycles. The number of hydrogen-bond donors (Lipinski definition) is 0. The Morgan fingerprint density at radius 1 is 1.07 bits per heavy atom. The Hall–Kier alpha value is -3.59. The lowest BCUT2D eigenvalue weighted by molar-refractivity contribution is -0.156. The van der Waals surface area contributed by atoms with Crippen LogP contribution in [0.5, 0.6) is 0 Å². The fourth-order valence-corrected chi connectivity index (χ4v) is 3.57. The second kappa shape index (κ2) is 8.19. The second-order valence-electron chi connectivity index (χ2n) is 6.87. The molecule has 0 spiro atoms. The third kappa shape index (κ3) is 3.72. The van der Waals surface area contributed by atoms with Crippen molar-refractivity contribution in [3.63, 3.8) is 0 Å². The zero-order valence-corrected chi connectivity index (χ0v) is 16.3. The van der Waals surface area contributed by atoms with Gasteiger partial charge in [-0.05, 0) is 28.8 Å². The van der Waals surface area contributed by atoms with Gasteiger partial charge in [0.05, 0.1) is 0 Å². The van der Waals surface area contributed by atoms with E-state index < -0.39 is 12.1 Å². The van der Waals surface area contributed by atoms with Crippen LogP contribution in [0.25, 0.3) is 16.3 Å². The Balaban J connectivity index is 1.76. The van der Waals surface area contributed by atoms with Crippen LogP contribution in [0.1, 0.15) is 29.7 Å². The predicted octanol–water partition coefficient (Wildman–Crippen LogP) is 6.13. The molecule has 3 heteroatoms. The zero-order chi connectivity index (χ0) is 20.2. The number of ether oxygens (including phenoxy) is 2. The Kier molecular flexibility index (Phi) is 5.30. The van der Waals surface area contributed by atoms with Gasteiger partial charge >= 0.3 is 5.97 Å². The summed E-state index contributed by atoms with van der Waals surface area (Å²) in [6.07, 6.45) is 5.00. The molecule has 0 N–H and O–H groups in total. The van der Waals surface area contributed by atoms with Gasteiger partial charge in [-0.3, -0.25) is 0 Å². The van der Waals surface area contributed by atoms with Crippen molar-refractivity contribution in [1.29, 1.82) is 0 Å². The van der Waals surface area contributed by atoms with Crippen LogP contribution in [0.2, 0.25) is 0 Å². The number of esters is 1. The molecule has 0 fully saturated rings. The lowest BCUT2D eigenvalue weighted by atomic mass is 9.87. The van der Waals surface area contributed by atoms with Gasteiger partial charge < -0.3 is 9.47 Å². The summed E-state index contributed by atoms with van der Waals surface area (Å²) in [5, 5.41) is 2.03. The topological polar surface area (TPSA) is 35.5 Å². The molecule has 0 saturated heterocycles. The van der Waals surface area contributed by atoms with Crippen LogP contribution >= 0.6 is 0 Å². The summed E-state index contributed by atoms with van der Waals surface area (Å²) < 4.78 is 11.6. The Morgan fingerprint density at radius 2 is 1.83 bits per heavy atom. The molecule has 0 aromatic heterocycles. The van der Waals surface area contributed by atoms with Crippen molar-refractivity contribution in [3.05, 3.63) is 114 Å². The molecule has 3 nitrogen and oxygen atoms in total. The number of benzene rings is 3. The normalized spacial score (nSPS) is 17.3. The van der Waals surface area contributed by atoms with Crippen LogP contribution in [0, 0.1) is 0 Å². The summed E-state index contributed by atoms with van der Waals surface area (Å²) in [7, 11) is 0. The molecule has 29 heavy (non-hydrogen) atoms. The maximum Gasteiger partial charge on any atom is 0.352 e. The fraction of sp³-hybridized carbons (Fsp3) is 0.115. The molecule has 1 unspecified atom stereocenters. The van der Waals surface area contributed by atoms with E-state index in [0.29, 0.717) is 5.76 Å². The first-order valence-corrected chi connectivity index (χ1v) is 9.60. The second-order valence-corrected chi connectivity index (χ2v) is 6.87. The van der Waals surface area contributed by atoms with Crippen molar-refractivity contribution in [2.24, 2.45) is 0 Å².